The number of carbonyl (C=O) groups is 1. The summed E-state index contributed by atoms with van der Waals surface area (Å²) in [5.41, 5.74) is 0. The van der Waals surface area contributed by atoms with E-state index in [1.165, 1.54) is 0 Å². The van der Waals surface area contributed by atoms with Gasteiger partial charge in [-0.05, 0) is 6.92 Å². The van der Waals surface area contributed by atoms with Gasteiger partial charge in [0.05, 0.1) is 6.42 Å². The molecule has 1 fully saturated rings. The predicted molar refractivity (Wildman–Crippen MR) is 39.5 cm³/mol. The van der Waals surface area contributed by atoms with Crippen molar-refractivity contribution in [1.82, 2.24) is 5.32 Å². The Hall–Kier alpha value is -0.570. The molecule has 1 N–H and O–H groups in total. The third-order valence-electron chi connectivity index (χ3n) is 1.06. The summed E-state index contributed by atoms with van der Waals surface area (Å²) >= 11 is 0. The van der Waals surface area contributed by atoms with Crippen molar-refractivity contribution in [3.8, 4) is 0 Å². The van der Waals surface area contributed by atoms with Crippen LogP contribution in [0.25, 0.3) is 0 Å². The normalized spacial score (nSPS) is 21.9. The van der Waals surface area contributed by atoms with Crippen LogP contribution in [0.2, 0.25) is 0 Å². The molecule has 1 aliphatic rings. The third-order valence-corrected chi connectivity index (χ3v) is 1.06. The van der Waals surface area contributed by atoms with Crippen LogP contribution in [-0.4, -0.2) is 18.7 Å². The lowest BCUT2D eigenvalue weighted by Crippen LogP contribution is -2.49. The van der Waals surface area contributed by atoms with E-state index < -0.39 is 0 Å². The van der Waals surface area contributed by atoms with Crippen molar-refractivity contribution in [3.05, 3.63) is 0 Å². The van der Waals surface area contributed by atoms with Crippen LogP contribution in [0.3, 0.4) is 0 Å². The maximum Gasteiger partial charge on any atom is 0.226 e. The first-order valence-corrected chi connectivity index (χ1v) is 3.74. The van der Waals surface area contributed by atoms with Crippen molar-refractivity contribution >= 4 is 5.91 Å². The maximum absolute atomic E-state index is 10.2. The maximum atomic E-state index is 10.2. The van der Waals surface area contributed by atoms with Crippen LogP contribution in [0.4, 0.5) is 0 Å². The average molecular weight is 145 g/mol. The first kappa shape index (κ1) is 9.43. The lowest BCUT2D eigenvalue weighted by Gasteiger charge is -2.25. The van der Waals surface area contributed by atoms with Crippen molar-refractivity contribution in [2.24, 2.45) is 0 Å². The van der Waals surface area contributed by atoms with Gasteiger partial charge >= 0.3 is 0 Å². The summed E-state index contributed by atoms with van der Waals surface area (Å²) in [6.45, 7) is 6.58. The highest BCUT2D eigenvalue weighted by Gasteiger charge is 2.24. The Balaban J connectivity index is 0.000000371. The molecule has 0 aromatic carbocycles. The number of hydrogen-bond acceptors (Lipinski definition) is 2. The summed E-state index contributed by atoms with van der Waals surface area (Å²) in [6, 6.07) is 0. The Kier molecular flexibility index (Phi) is 4.94. The van der Waals surface area contributed by atoms with Crippen LogP contribution in [-0.2, 0) is 9.53 Å². The van der Waals surface area contributed by atoms with Crippen LogP contribution in [0.5, 0.6) is 0 Å². The molecule has 0 bridgehead atoms. The van der Waals surface area contributed by atoms with E-state index in [1.54, 1.807) is 0 Å². The molecule has 0 aromatic heterocycles. The highest BCUT2D eigenvalue weighted by molar-refractivity contribution is 5.82. The van der Waals surface area contributed by atoms with E-state index in [4.69, 9.17) is 4.74 Å². The second kappa shape index (κ2) is 5.23. The largest absolute Gasteiger partial charge is 0.358 e. The fourth-order valence-electron chi connectivity index (χ4n) is 0.629. The smallest absolute Gasteiger partial charge is 0.226 e. The van der Waals surface area contributed by atoms with Crippen LogP contribution >= 0.6 is 0 Å². The number of nitrogens with one attached hydrogen (secondary N) is 1. The second-order valence-corrected chi connectivity index (χ2v) is 1.72. The SMILES string of the molecule is CC.CCO[C@@H]1CC(=O)N1. The number of rotatable bonds is 2. The Morgan fingerprint density at radius 1 is 1.70 bits per heavy atom. The van der Waals surface area contributed by atoms with Crippen molar-refractivity contribution in [2.75, 3.05) is 6.61 Å². The third kappa shape index (κ3) is 2.82. The topological polar surface area (TPSA) is 38.3 Å². The molecular formula is C7H15NO2. The number of carbonyl (C=O) groups excluding carboxylic acids is 1. The molecule has 0 radical (unpaired) electrons. The Morgan fingerprint density at radius 3 is 2.50 bits per heavy atom. The Morgan fingerprint density at radius 2 is 2.20 bits per heavy atom. The molecule has 10 heavy (non-hydrogen) atoms. The predicted octanol–water partition coefficient (Wildman–Crippen LogP) is 0.895. The summed E-state index contributed by atoms with van der Waals surface area (Å²) in [7, 11) is 0. The average Bonchev–Trinajstić information content (AvgIpc) is 1.90. The Labute approximate surface area is 61.8 Å². The molecule has 0 saturated carbocycles. The molecule has 0 unspecified atom stereocenters. The first-order valence-electron chi connectivity index (χ1n) is 3.74. The minimum Gasteiger partial charge on any atom is -0.358 e. The van der Waals surface area contributed by atoms with Gasteiger partial charge < -0.3 is 10.1 Å². The highest BCUT2D eigenvalue weighted by Crippen LogP contribution is 2.03. The summed E-state index contributed by atoms with van der Waals surface area (Å²) in [5, 5.41) is 2.58. The molecule has 1 aliphatic heterocycles. The van der Waals surface area contributed by atoms with E-state index >= 15 is 0 Å². The highest BCUT2D eigenvalue weighted by atomic mass is 16.5. The second-order valence-electron chi connectivity index (χ2n) is 1.72. The minimum atomic E-state index is 0.00694. The monoisotopic (exact) mass is 145 g/mol. The molecule has 1 heterocycles. The van der Waals surface area contributed by atoms with Gasteiger partial charge in [-0.1, -0.05) is 13.8 Å². The van der Waals surface area contributed by atoms with Gasteiger partial charge in [0, 0.05) is 6.61 Å². The molecule has 1 saturated heterocycles. The number of amides is 1. The van der Waals surface area contributed by atoms with E-state index in [9.17, 15) is 4.79 Å². The zero-order valence-corrected chi connectivity index (χ0v) is 6.81. The van der Waals surface area contributed by atoms with Gasteiger partial charge in [-0.3, -0.25) is 4.79 Å². The van der Waals surface area contributed by atoms with Gasteiger partial charge in [-0.15, -0.1) is 0 Å². The lowest BCUT2D eigenvalue weighted by molar-refractivity contribution is -0.140. The van der Waals surface area contributed by atoms with Gasteiger partial charge in [-0.25, -0.2) is 0 Å². The molecule has 1 atom stereocenters. The molecule has 0 aliphatic carbocycles. The first-order chi connectivity index (χ1) is 4.83. The quantitative estimate of drug-likeness (QED) is 0.586. The lowest BCUT2D eigenvalue weighted by atomic mass is 10.2. The van der Waals surface area contributed by atoms with Crippen molar-refractivity contribution in [3.63, 3.8) is 0 Å². The molecule has 3 nitrogen and oxygen atoms in total. The summed E-state index contributed by atoms with van der Waals surface area (Å²) in [4.78, 5) is 10.2. The van der Waals surface area contributed by atoms with E-state index in [0.29, 0.717) is 13.0 Å². The Bertz CT molecular complexity index is 95.8. The minimum absolute atomic E-state index is 0.00694. The van der Waals surface area contributed by atoms with Gasteiger partial charge in [0.2, 0.25) is 5.91 Å². The zero-order chi connectivity index (χ0) is 7.98. The van der Waals surface area contributed by atoms with Crippen molar-refractivity contribution in [1.29, 1.82) is 0 Å². The molecule has 0 aromatic rings. The molecule has 60 valence electrons. The molecule has 0 spiro atoms. The number of β-lactam (4-membered cyclic amide) rings is 1. The fraction of sp³-hybridized carbons (Fsp3) is 0.857. The van der Waals surface area contributed by atoms with Crippen LogP contribution in [0.1, 0.15) is 27.2 Å². The molecule has 1 amide bonds. The van der Waals surface area contributed by atoms with E-state index in [2.05, 4.69) is 5.32 Å². The molecular weight excluding hydrogens is 130 g/mol. The summed E-state index contributed by atoms with van der Waals surface area (Å²) in [5.74, 6) is 0.0865. The van der Waals surface area contributed by atoms with Gasteiger partial charge in [0.15, 0.2) is 0 Å². The molecule has 1 rings (SSSR count). The van der Waals surface area contributed by atoms with Crippen molar-refractivity contribution < 1.29 is 9.53 Å². The summed E-state index contributed by atoms with van der Waals surface area (Å²) in [6.07, 6.45) is 0.542. The van der Waals surface area contributed by atoms with E-state index in [-0.39, 0.29) is 12.1 Å². The number of hydrogen-bond donors (Lipinski definition) is 1. The zero-order valence-electron chi connectivity index (χ0n) is 6.81. The molecule has 3 heteroatoms. The van der Waals surface area contributed by atoms with Gasteiger partial charge in [0.25, 0.3) is 0 Å². The van der Waals surface area contributed by atoms with Crippen LogP contribution in [0, 0.1) is 0 Å². The van der Waals surface area contributed by atoms with Gasteiger partial charge in [-0.2, -0.15) is 0 Å². The van der Waals surface area contributed by atoms with Crippen LogP contribution in [0.15, 0.2) is 0 Å². The van der Waals surface area contributed by atoms with E-state index in [0.717, 1.165) is 0 Å². The van der Waals surface area contributed by atoms with Gasteiger partial charge in [0.1, 0.15) is 6.23 Å². The van der Waals surface area contributed by atoms with E-state index in [1.807, 2.05) is 20.8 Å². The number of ether oxygens (including phenoxy) is 1. The summed E-state index contributed by atoms with van der Waals surface area (Å²) < 4.78 is 5.02. The standard InChI is InChI=1S/C5H9NO2.C2H6/c1-2-8-5-3-4(7)6-5;1-2/h5H,2-3H2,1H3,(H,6,7);1-2H3/t5-;/m1./s1. The van der Waals surface area contributed by atoms with Crippen LogP contribution < -0.4 is 5.32 Å². The van der Waals surface area contributed by atoms with Crippen molar-refractivity contribution in [2.45, 2.75) is 33.4 Å². The fourth-order valence-corrected chi connectivity index (χ4v) is 0.629.